The fourth-order valence-corrected chi connectivity index (χ4v) is 2.59. The normalized spacial score (nSPS) is 26.4. The first-order valence-corrected chi connectivity index (χ1v) is 7.13. The molecule has 2 saturated carbocycles. The summed E-state index contributed by atoms with van der Waals surface area (Å²) in [6.45, 7) is 1.99. The van der Waals surface area contributed by atoms with Gasteiger partial charge in [0.1, 0.15) is 0 Å². The highest BCUT2D eigenvalue weighted by atomic mass is 16.5. The summed E-state index contributed by atoms with van der Waals surface area (Å²) in [5.74, 6) is -0.417. The van der Waals surface area contributed by atoms with E-state index in [0.717, 1.165) is 12.5 Å². The number of rotatable bonds is 7. The van der Waals surface area contributed by atoms with Crippen LogP contribution in [0.15, 0.2) is 0 Å². The number of carbonyl (C=O) groups is 2. The largest absolute Gasteiger partial charge is 0.481 e. The van der Waals surface area contributed by atoms with Gasteiger partial charge in [0.05, 0.1) is 12.5 Å². The molecular formula is C14H23NO4. The number of likely N-dealkylation sites (N-methyl/N-ethyl adjacent to an activating group) is 1. The molecule has 2 rings (SSSR count). The van der Waals surface area contributed by atoms with Gasteiger partial charge in [-0.2, -0.15) is 0 Å². The molecule has 0 aromatic carbocycles. The van der Waals surface area contributed by atoms with Crippen molar-refractivity contribution in [3.8, 4) is 0 Å². The monoisotopic (exact) mass is 269 g/mol. The highest BCUT2D eigenvalue weighted by Gasteiger charge is 2.35. The number of carbonyl (C=O) groups excluding carboxylic acids is 1. The van der Waals surface area contributed by atoms with E-state index >= 15 is 0 Å². The summed E-state index contributed by atoms with van der Waals surface area (Å²) in [7, 11) is 1.77. The lowest BCUT2D eigenvalue weighted by Gasteiger charge is -2.21. The summed E-state index contributed by atoms with van der Waals surface area (Å²) < 4.78 is 5.51. The minimum absolute atomic E-state index is 0.0683. The number of carboxylic acids is 1. The Morgan fingerprint density at radius 1 is 1.21 bits per heavy atom. The van der Waals surface area contributed by atoms with Gasteiger partial charge in [0.25, 0.3) is 0 Å². The fourth-order valence-electron chi connectivity index (χ4n) is 2.59. The second-order valence-electron chi connectivity index (χ2n) is 5.82. The van der Waals surface area contributed by atoms with Crippen LogP contribution in [-0.4, -0.2) is 48.7 Å². The van der Waals surface area contributed by atoms with Crippen molar-refractivity contribution in [2.75, 3.05) is 26.8 Å². The van der Waals surface area contributed by atoms with Crippen molar-refractivity contribution in [1.82, 2.24) is 4.90 Å². The molecule has 108 valence electrons. The van der Waals surface area contributed by atoms with Crippen LogP contribution < -0.4 is 0 Å². The Kier molecular flexibility index (Phi) is 4.80. The van der Waals surface area contributed by atoms with Gasteiger partial charge in [0, 0.05) is 26.1 Å². The Morgan fingerprint density at radius 3 is 2.47 bits per heavy atom. The Balaban J connectivity index is 1.65. The maximum atomic E-state index is 12.1. The van der Waals surface area contributed by atoms with Crippen LogP contribution in [0, 0.1) is 17.8 Å². The molecule has 0 aliphatic heterocycles. The van der Waals surface area contributed by atoms with E-state index in [9.17, 15) is 9.59 Å². The van der Waals surface area contributed by atoms with Crippen molar-refractivity contribution in [1.29, 1.82) is 0 Å². The van der Waals surface area contributed by atoms with Gasteiger partial charge in [0.15, 0.2) is 0 Å². The van der Waals surface area contributed by atoms with Gasteiger partial charge >= 0.3 is 5.97 Å². The maximum Gasteiger partial charge on any atom is 0.306 e. The molecule has 0 bridgehead atoms. The molecule has 5 heteroatoms. The van der Waals surface area contributed by atoms with Gasteiger partial charge in [-0.15, -0.1) is 0 Å². The number of aliphatic carboxylic acids is 1. The van der Waals surface area contributed by atoms with E-state index in [1.165, 1.54) is 12.8 Å². The zero-order valence-corrected chi connectivity index (χ0v) is 11.5. The lowest BCUT2D eigenvalue weighted by molar-refractivity contribution is -0.141. The highest BCUT2D eigenvalue weighted by Crippen LogP contribution is 2.32. The smallest absolute Gasteiger partial charge is 0.306 e. The van der Waals surface area contributed by atoms with E-state index in [0.29, 0.717) is 32.4 Å². The van der Waals surface area contributed by atoms with Crippen LogP contribution in [0.3, 0.4) is 0 Å². The topological polar surface area (TPSA) is 66.8 Å². The Hall–Kier alpha value is -1.10. The lowest BCUT2D eigenvalue weighted by atomic mass is 10.0. The summed E-state index contributed by atoms with van der Waals surface area (Å²) in [5, 5.41) is 8.94. The van der Waals surface area contributed by atoms with Crippen molar-refractivity contribution in [2.45, 2.75) is 32.1 Å². The average molecular weight is 269 g/mol. The van der Waals surface area contributed by atoms with Crippen molar-refractivity contribution in [3.05, 3.63) is 0 Å². The molecule has 19 heavy (non-hydrogen) atoms. The van der Waals surface area contributed by atoms with E-state index in [4.69, 9.17) is 9.84 Å². The first-order valence-electron chi connectivity index (χ1n) is 7.13. The minimum Gasteiger partial charge on any atom is -0.481 e. The molecule has 2 fully saturated rings. The van der Waals surface area contributed by atoms with Crippen LogP contribution in [0.5, 0.6) is 0 Å². The van der Waals surface area contributed by atoms with Gasteiger partial charge < -0.3 is 14.7 Å². The van der Waals surface area contributed by atoms with E-state index in [1.807, 2.05) is 0 Å². The van der Waals surface area contributed by atoms with E-state index in [2.05, 4.69) is 0 Å². The molecule has 0 radical (unpaired) electrons. The standard InChI is InChI=1S/C14H23NO4/c1-15(6-7-19-9-10-2-3-10)13(16)11-4-5-12(8-11)14(17)18/h10-12H,2-9H2,1H3,(H,17,18). The quantitative estimate of drug-likeness (QED) is 0.709. The number of nitrogens with zero attached hydrogens (tertiary/aromatic N) is 1. The second kappa shape index (κ2) is 6.37. The minimum atomic E-state index is -0.772. The number of carboxylic acid groups (broad SMARTS) is 1. The second-order valence-corrected chi connectivity index (χ2v) is 5.82. The van der Waals surface area contributed by atoms with E-state index in [1.54, 1.807) is 11.9 Å². The third-order valence-corrected chi connectivity index (χ3v) is 4.13. The molecule has 0 aromatic rings. The summed E-state index contributed by atoms with van der Waals surface area (Å²) in [6, 6.07) is 0. The van der Waals surface area contributed by atoms with Crippen molar-refractivity contribution in [3.63, 3.8) is 0 Å². The van der Waals surface area contributed by atoms with Gasteiger partial charge in [-0.05, 0) is 38.0 Å². The number of hydrogen-bond acceptors (Lipinski definition) is 3. The molecule has 5 nitrogen and oxygen atoms in total. The van der Waals surface area contributed by atoms with Crippen LogP contribution in [0.4, 0.5) is 0 Å². The van der Waals surface area contributed by atoms with E-state index in [-0.39, 0.29) is 17.7 Å². The van der Waals surface area contributed by atoms with Crippen LogP contribution in [-0.2, 0) is 14.3 Å². The predicted molar refractivity (Wildman–Crippen MR) is 69.6 cm³/mol. The van der Waals surface area contributed by atoms with Crippen molar-refractivity contribution in [2.24, 2.45) is 17.8 Å². The molecule has 0 saturated heterocycles. The van der Waals surface area contributed by atoms with Crippen LogP contribution in [0.2, 0.25) is 0 Å². The first-order chi connectivity index (χ1) is 9.08. The maximum absolute atomic E-state index is 12.1. The number of ether oxygens (including phenoxy) is 1. The Morgan fingerprint density at radius 2 is 1.89 bits per heavy atom. The molecule has 0 spiro atoms. The van der Waals surface area contributed by atoms with Crippen molar-refractivity contribution >= 4 is 11.9 Å². The molecule has 1 amide bonds. The van der Waals surface area contributed by atoms with Crippen LogP contribution in [0.1, 0.15) is 32.1 Å². The molecule has 2 atom stereocenters. The zero-order chi connectivity index (χ0) is 13.8. The third kappa shape index (κ3) is 4.20. The summed E-state index contributed by atoms with van der Waals surface area (Å²) in [5.41, 5.74) is 0. The third-order valence-electron chi connectivity index (χ3n) is 4.13. The Bertz CT molecular complexity index is 340. The van der Waals surface area contributed by atoms with Crippen molar-refractivity contribution < 1.29 is 19.4 Å². The zero-order valence-electron chi connectivity index (χ0n) is 11.5. The molecule has 2 unspecified atom stereocenters. The average Bonchev–Trinajstić information content (AvgIpc) is 3.06. The van der Waals surface area contributed by atoms with Crippen LogP contribution in [0.25, 0.3) is 0 Å². The molecular weight excluding hydrogens is 246 g/mol. The summed E-state index contributed by atoms with van der Waals surface area (Å²) >= 11 is 0. The molecule has 0 heterocycles. The highest BCUT2D eigenvalue weighted by molar-refractivity contribution is 5.80. The Labute approximate surface area is 113 Å². The SMILES string of the molecule is CN(CCOCC1CC1)C(=O)C1CCC(C(=O)O)C1. The predicted octanol–water partition coefficient (Wildman–Crippen LogP) is 1.37. The molecule has 1 N–H and O–H groups in total. The number of hydrogen-bond donors (Lipinski definition) is 1. The molecule has 2 aliphatic rings. The van der Waals surface area contributed by atoms with Crippen LogP contribution >= 0.6 is 0 Å². The molecule has 2 aliphatic carbocycles. The van der Waals surface area contributed by atoms with E-state index < -0.39 is 5.97 Å². The first kappa shape index (κ1) is 14.3. The summed E-state index contributed by atoms with van der Waals surface area (Å²) in [6.07, 6.45) is 4.35. The van der Waals surface area contributed by atoms with Gasteiger partial charge in [-0.25, -0.2) is 0 Å². The van der Waals surface area contributed by atoms with Gasteiger partial charge in [0.2, 0.25) is 5.91 Å². The fraction of sp³-hybridized carbons (Fsp3) is 0.857. The molecule has 0 aromatic heterocycles. The van der Waals surface area contributed by atoms with Gasteiger partial charge in [-0.1, -0.05) is 0 Å². The summed E-state index contributed by atoms with van der Waals surface area (Å²) in [4.78, 5) is 24.7. The van der Waals surface area contributed by atoms with Gasteiger partial charge in [-0.3, -0.25) is 9.59 Å². The number of amides is 1. The lowest BCUT2D eigenvalue weighted by Crippen LogP contribution is -2.34.